The van der Waals surface area contributed by atoms with Gasteiger partial charge in [0.25, 0.3) is 0 Å². The highest BCUT2D eigenvalue weighted by Crippen LogP contribution is 2.36. The number of rotatable bonds is 3. The average Bonchev–Trinajstić information content (AvgIpc) is 2.48. The van der Waals surface area contributed by atoms with E-state index in [1.54, 1.807) is 0 Å². The van der Waals surface area contributed by atoms with E-state index in [4.69, 9.17) is 26.3 Å². The topological polar surface area (TPSA) is 59.3 Å². The first-order chi connectivity index (χ1) is 10.5. The highest BCUT2D eigenvalue weighted by Gasteiger charge is 2.20. The maximum atomic E-state index is 13.6. The van der Waals surface area contributed by atoms with Crippen molar-refractivity contribution in [2.45, 2.75) is 0 Å². The Morgan fingerprint density at radius 1 is 1.27 bits per heavy atom. The van der Waals surface area contributed by atoms with E-state index in [1.807, 2.05) is 6.07 Å². The first-order valence-corrected chi connectivity index (χ1v) is 6.29. The fraction of sp³-hybridized carbons (Fsp3) is 0.0667. The number of hydrogen-bond acceptors (Lipinski definition) is 4. The fourth-order valence-corrected chi connectivity index (χ4v) is 1.94. The normalized spacial score (nSPS) is 9.95. The Morgan fingerprint density at radius 3 is 2.59 bits per heavy atom. The molecule has 0 aliphatic carbocycles. The molecule has 0 unspecified atom stereocenters. The molecule has 0 N–H and O–H groups in total. The van der Waals surface area contributed by atoms with Crippen LogP contribution in [0.2, 0.25) is 5.02 Å². The molecule has 0 aliphatic rings. The fourth-order valence-electron chi connectivity index (χ4n) is 1.69. The Hall–Kier alpha value is -2.65. The summed E-state index contributed by atoms with van der Waals surface area (Å²) in [5.74, 6) is -3.06. The summed E-state index contributed by atoms with van der Waals surface area (Å²) in [5.41, 5.74) is -0.251. The first kappa shape index (κ1) is 15.7. The van der Waals surface area contributed by atoms with E-state index in [0.717, 1.165) is 12.1 Å². The molecule has 112 valence electrons. The molecule has 0 amide bonds. The lowest BCUT2D eigenvalue weighted by Crippen LogP contribution is -2.12. The van der Waals surface area contributed by atoms with Gasteiger partial charge in [-0.05, 0) is 18.2 Å². The molecule has 4 nitrogen and oxygen atoms in total. The number of methoxy groups -OCH3 is 1. The number of nitriles is 1. The Bertz CT molecular complexity index is 787. The van der Waals surface area contributed by atoms with Gasteiger partial charge in [0.05, 0.1) is 29.3 Å². The quantitative estimate of drug-likeness (QED) is 0.638. The third-order valence-corrected chi connectivity index (χ3v) is 2.99. The van der Waals surface area contributed by atoms with Crippen molar-refractivity contribution in [2.75, 3.05) is 7.11 Å². The Kier molecular flexibility index (Phi) is 4.59. The molecule has 2 aromatic rings. The van der Waals surface area contributed by atoms with Gasteiger partial charge in [-0.1, -0.05) is 11.6 Å². The van der Waals surface area contributed by atoms with Crippen LogP contribution in [0.3, 0.4) is 0 Å². The van der Waals surface area contributed by atoms with Gasteiger partial charge in [0.1, 0.15) is 11.6 Å². The van der Waals surface area contributed by atoms with Crippen LogP contribution in [0.5, 0.6) is 11.5 Å². The van der Waals surface area contributed by atoms with E-state index in [0.29, 0.717) is 6.07 Å². The summed E-state index contributed by atoms with van der Waals surface area (Å²) in [5, 5.41) is 8.79. The van der Waals surface area contributed by atoms with Gasteiger partial charge in [-0.3, -0.25) is 0 Å². The van der Waals surface area contributed by atoms with Crippen LogP contribution in [0, 0.1) is 23.0 Å². The van der Waals surface area contributed by atoms with E-state index in [9.17, 15) is 13.6 Å². The largest absolute Gasteiger partial charge is 0.493 e. The number of carbonyl (C=O) groups excluding carboxylic acids is 1. The second kappa shape index (κ2) is 6.41. The average molecular weight is 324 g/mol. The van der Waals surface area contributed by atoms with Crippen LogP contribution >= 0.6 is 11.6 Å². The molecular weight excluding hydrogens is 316 g/mol. The van der Waals surface area contributed by atoms with Gasteiger partial charge < -0.3 is 9.47 Å². The molecule has 0 radical (unpaired) electrons. The summed E-state index contributed by atoms with van der Waals surface area (Å²) < 4.78 is 36.4. The maximum absolute atomic E-state index is 13.6. The van der Waals surface area contributed by atoms with E-state index in [-0.39, 0.29) is 22.1 Å². The molecule has 2 aromatic carbocycles. The molecule has 0 saturated heterocycles. The van der Waals surface area contributed by atoms with Crippen molar-refractivity contribution in [1.82, 2.24) is 0 Å². The zero-order chi connectivity index (χ0) is 16.3. The van der Waals surface area contributed by atoms with Gasteiger partial charge in [0.2, 0.25) is 0 Å². The molecule has 0 heterocycles. The van der Waals surface area contributed by atoms with Crippen molar-refractivity contribution >= 4 is 17.6 Å². The molecule has 22 heavy (non-hydrogen) atoms. The van der Waals surface area contributed by atoms with Crippen molar-refractivity contribution in [2.24, 2.45) is 0 Å². The molecule has 0 fully saturated rings. The summed E-state index contributed by atoms with van der Waals surface area (Å²) in [6.45, 7) is 0. The van der Waals surface area contributed by atoms with Gasteiger partial charge in [0, 0.05) is 12.1 Å². The number of esters is 1. The van der Waals surface area contributed by atoms with Crippen molar-refractivity contribution in [3.8, 4) is 17.6 Å². The van der Waals surface area contributed by atoms with Crippen LogP contribution in [-0.2, 0) is 0 Å². The second-order valence-electron chi connectivity index (χ2n) is 4.11. The SMILES string of the molecule is COc1cc(C#N)cc(Cl)c1OC(=O)c1ccc(F)cc1F. The number of benzene rings is 2. The molecule has 0 bridgehead atoms. The summed E-state index contributed by atoms with van der Waals surface area (Å²) in [6.07, 6.45) is 0. The Balaban J connectivity index is 2.38. The lowest BCUT2D eigenvalue weighted by Gasteiger charge is -2.11. The minimum absolute atomic E-state index is 0.0416. The zero-order valence-electron chi connectivity index (χ0n) is 11.2. The van der Waals surface area contributed by atoms with Crippen LogP contribution < -0.4 is 9.47 Å². The van der Waals surface area contributed by atoms with E-state index >= 15 is 0 Å². The predicted octanol–water partition coefficient (Wildman–Crippen LogP) is 3.72. The predicted molar refractivity (Wildman–Crippen MR) is 74.0 cm³/mol. The number of nitrogens with zero attached hydrogens (tertiary/aromatic N) is 1. The van der Waals surface area contributed by atoms with Crippen molar-refractivity contribution in [1.29, 1.82) is 5.26 Å². The lowest BCUT2D eigenvalue weighted by molar-refractivity contribution is 0.0725. The van der Waals surface area contributed by atoms with Gasteiger partial charge in [-0.25, -0.2) is 13.6 Å². The van der Waals surface area contributed by atoms with Crippen LogP contribution in [0.15, 0.2) is 30.3 Å². The highest BCUT2D eigenvalue weighted by molar-refractivity contribution is 6.32. The van der Waals surface area contributed by atoms with Gasteiger partial charge >= 0.3 is 5.97 Å². The molecule has 7 heteroatoms. The second-order valence-corrected chi connectivity index (χ2v) is 4.52. The lowest BCUT2D eigenvalue weighted by atomic mass is 10.2. The number of halogens is 3. The smallest absolute Gasteiger partial charge is 0.346 e. The number of carbonyl (C=O) groups is 1. The van der Waals surface area contributed by atoms with Crippen LogP contribution in [0.4, 0.5) is 8.78 Å². The maximum Gasteiger partial charge on any atom is 0.346 e. The molecule has 0 spiro atoms. The van der Waals surface area contributed by atoms with Gasteiger partial charge in [-0.2, -0.15) is 5.26 Å². The molecule has 2 rings (SSSR count). The molecular formula is C15H8ClF2NO3. The summed E-state index contributed by atoms with van der Waals surface area (Å²) in [7, 11) is 1.29. The number of ether oxygens (including phenoxy) is 2. The van der Waals surface area contributed by atoms with Crippen molar-refractivity contribution < 1.29 is 23.0 Å². The van der Waals surface area contributed by atoms with E-state index in [1.165, 1.54) is 19.2 Å². The first-order valence-electron chi connectivity index (χ1n) is 5.91. The van der Waals surface area contributed by atoms with Crippen LogP contribution in [0.25, 0.3) is 0 Å². The Morgan fingerprint density at radius 2 is 2.00 bits per heavy atom. The van der Waals surface area contributed by atoms with E-state index in [2.05, 4.69) is 0 Å². The van der Waals surface area contributed by atoms with E-state index < -0.39 is 23.2 Å². The molecule has 0 saturated carbocycles. The van der Waals surface area contributed by atoms with Crippen molar-refractivity contribution in [3.05, 3.63) is 58.1 Å². The third-order valence-electron chi connectivity index (χ3n) is 2.70. The summed E-state index contributed by atoms with van der Waals surface area (Å²) in [6, 6.07) is 6.90. The number of hydrogen-bond donors (Lipinski definition) is 0. The Labute approximate surface area is 129 Å². The minimum atomic E-state index is -1.07. The van der Waals surface area contributed by atoms with Gasteiger partial charge in [-0.15, -0.1) is 0 Å². The van der Waals surface area contributed by atoms with Crippen LogP contribution in [0.1, 0.15) is 15.9 Å². The summed E-state index contributed by atoms with van der Waals surface area (Å²) in [4.78, 5) is 12.0. The zero-order valence-corrected chi connectivity index (χ0v) is 11.9. The molecule has 0 atom stereocenters. The van der Waals surface area contributed by atoms with Crippen LogP contribution in [-0.4, -0.2) is 13.1 Å². The monoisotopic (exact) mass is 323 g/mol. The summed E-state index contributed by atoms with van der Waals surface area (Å²) >= 11 is 5.93. The van der Waals surface area contributed by atoms with Gasteiger partial charge in [0.15, 0.2) is 11.5 Å². The molecule has 0 aromatic heterocycles. The third kappa shape index (κ3) is 3.15. The standard InChI is InChI=1S/C15H8ClF2NO3/c1-21-13-5-8(7-19)4-11(16)14(13)22-15(20)10-3-2-9(17)6-12(10)18/h2-6H,1H3. The van der Waals surface area contributed by atoms with Crippen molar-refractivity contribution in [3.63, 3.8) is 0 Å². The minimum Gasteiger partial charge on any atom is -0.493 e. The highest BCUT2D eigenvalue weighted by atomic mass is 35.5. The molecule has 0 aliphatic heterocycles.